The van der Waals surface area contributed by atoms with Gasteiger partial charge in [-0.3, -0.25) is 0 Å². The van der Waals surface area contributed by atoms with Gasteiger partial charge < -0.3 is 10.6 Å². The maximum Gasteiger partial charge on any atom is 0.0124 e. The molecular formula is C19H34N2. The van der Waals surface area contributed by atoms with Gasteiger partial charge in [-0.25, -0.2) is 0 Å². The van der Waals surface area contributed by atoms with Gasteiger partial charge in [-0.2, -0.15) is 0 Å². The van der Waals surface area contributed by atoms with E-state index in [1.807, 2.05) is 0 Å². The zero-order chi connectivity index (χ0) is 14.6. The first-order valence-electron chi connectivity index (χ1n) is 9.55. The number of rotatable bonds is 3. The average molecular weight is 290 g/mol. The molecule has 0 aromatic heterocycles. The number of nitrogens with zero attached hydrogens (tertiary/aromatic N) is 1. The molecule has 2 heteroatoms. The van der Waals surface area contributed by atoms with Crippen LogP contribution in [0.5, 0.6) is 0 Å². The Hall–Kier alpha value is -0.0800. The standard InChI is InChI=1S/C19H34N2/c1-13(20)18-3-5-21(6-4-18)14(2)19-10-15-7-16(11-19)9-17(8-15)12-19/h13-18H,3-12,20H2,1-2H3. The number of piperidine rings is 1. The van der Waals surface area contributed by atoms with Crippen LogP contribution in [0.2, 0.25) is 0 Å². The van der Waals surface area contributed by atoms with Crippen molar-refractivity contribution < 1.29 is 0 Å². The molecule has 2 N–H and O–H groups in total. The monoisotopic (exact) mass is 290 g/mol. The van der Waals surface area contributed by atoms with Gasteiger partial charge in [0, 0.05) is 12.1 Å². The number of nitrogens with two attached hydrogens (primary N) is 1. The second-order valence-electron chi connectivity index (χ2n) is 9.19. The van der Waals surface area contributed by atoms with E-state index in [0.717, 1.165) is 29.7 Å². The highest BCUT2D eigenvalue weighted by molar-refractivity contribution is 5.06. The van der Waals surface area contributed by atoms with Gasteiger partial charge in [0.2, 0.25) is 0 Å². The van der Waals surface area contributed by atoms with Gasteiger partial charge in [0.1, 0.15) is 0 Å². The Balaban J connectivity index is 1.44. The molecule has 0 aromatic carbocycles. The Morgan fingerprint density at radius 2 is 1.38 bits per heavy atom. The molecule has 1 saturated heterocycles. The highest BCUT2D eigenvalue weighted by Gasteiger charge is 2.54. The van der Waals surface area contributed by atoms with Crippen molar-refractivity contribution in [1.82, 2.24) is 4.90 Å². The van der Waals surface area contributed by atoms with Crippen molar-refractivity contribution in [1.29, 1.82) is 0 Å². The zero-order valence-corrected chi connectivity index (χ0v) is 14.1. The van der Waals surface area contributed by atoms with Gasteiger partial charge in [0.15, 0.2) is 0 Å². The van der Waals surface area contributed by atoms with E-state index < -0.39 is 0 Å². The molecule has 0 aromatic rings. The van der Waals surface area contributed by atoms with Crippen molar-refractivity contribution in [3.63, 3.8) is 0 Å². The van der Waals surface area contributed by atoms with Crippen molar-refractivity contribution in [3.8, 4) is 0 Å². The third kappa shape index (κ3) is 2.47. The first kappa shape index (κ1) is 14.5. The summed E-state index contributed by atoms with van der Waals surface area (Å²) in [6.07, 6.45) is 12.0. The van der Waals surface area contributed by atoms with Crippen LogP contribution in [0.3, 0.4) is 0 Å². The molecule has 2 atom stereocenters. The van der Waals surface area contributed by atoms with Gasteiger partial charge in [-0.15, -0.1) is 0 Å². The van der Waals surface area contributed by atoms with Crippen molar-refractivity contribution in [2.75, 3.05) is 13.1 Å². The maximum atomic E-state index is 6.12. The summed E-state index contributed by atoms with van der Waals surface area (Å²) in [5, 5.41) is 0. The molecule has 1 aliphatic heterocycles. The lowest BCUT2D eigenvalue weighted by Gasteiger charge is -2.61. The SMILES string of the molecule is CC(N)C1CCN(C(C)C23CC4CC(CC(C4)C2)C3)CC1. The summed E-state index contributed by atoms with van der Waals surface area (Å²) >= 11 is 0. The van der Waals surface area contributed by atoms with Crippen LogP contribution in [0.15, 0.2) is 0 Å². The average Bonchev–Trinajstić information content (AvgIpc) is 2.45. The second-order valence-corrected chi connectivity index (χ2v) is 9.19. The van der Waals surface area contributed by atoms with Crippen LogP contribution < -0.4 is 5.73 Å². The molecular weight excluding hydrogens is 256 g/mol. The molecule has 2 nitrogen and oxygen atoms in total. The van der Waals surface area contributed by atoms with E-state index in [1.165, 1.54) is 25.9 Å². The summed E-state index contributed by atoms with van der Waals surface area (Å²) in [6.45, 7) is 7.37. The van der Waals surface area contributed by atoms with Crippen molar-refractivity contribution >= 4 is 0 Å². The largest absolute Gasteiger partial charge is 0.328 e. The van der Waals surface area contributed by atoms with Crippen LogP contribution in [0.4, 0.5) is 0 Å². The molecule has 1 heterocycles. The Morgan fingerprint density at radius 1 is 0.905 bits per heavy atom. The zero-order valence-electron chi connectivity index (χ0n) is 14.1. The Labute approximate surface area is 130 Å². The van der Waals surface area contributed by atoms with Gasteiger partial charge in [0.05, 0.1) is 0 Å². The molecule has 5 fully saturated rings. The number of likely N-dealkylation sites (tertiary alicyclic amines) is 1. The molecule has 2 unspecified atom stereocenters. The van der Waals surface area contributed by atoms with Gasteiger partial charge in [-0.1, -0.05) is 0 Å². The minimum Gasteiger partial charge on any atom is -0.328 e. The van der Waals surface area contributed by atoms with E-state index in [2.05, 4.69) is 18.7 Å². The summed E-state index contributed by atoms with van der Waals surface area (Å²) in [7, 11) is 0. The van der Waals surface area contributed by atoms with Crippen LogP contribution >= 0.6 is 0 Å². The van der Waals surface area contributed by atoms with Gasteiger partial charge >= 0.3 is 0 Å². The smallest absolute Gasteiger partial charge is 0.0124 e. The van der Waals surface area contributed by atoms with E-state index in [1.54, 1.807) is 38.5 Å². The minimum atomic E-state index is 0.391. The van der Waals surface area contributed by atoms with Gasteiger partial charge in [-0.05, 0) is 107 Å². The highest BCUT2D eigenvalue weighted by atomic mass is 15.2. The fourth-order valence-electron chi connectivity index (χ4n) is 6.91. The second kappa shape index (κ2) is 5.23. The molecule has 4 bridgehead atoms. The summed E-state index contributed by atoms with van der Waals surface area (Å²) in [4.78, 5) is 2.84. The Morgan fingerprint density at radius 3 is 1.81 bits per heavy atom. The van der Waals surface area contributed by atoms with Gasteiger partial charge in [0.25, 0.3) is 0 Å². The molecule has 5 rings (SSSR count). The van der Waals surface area contributed by atoms with Crippen LogP contribution in [-0.4, -0.2) is 30.1 Å². The first-order valence-corrected chi connectivity index (χ1v) is 9.55. The molecule has 21 heavy (non-hydrogen) atoms. The quantitative estimate of drug-likeness (QED) is 0.859. The van der Waals surface area contributed by atoms with Crippen LogP contribution in [0, 0.1) is 29.1 Å². The predicted molar refractivity (Wildman–Crippen MR) is 88.0 cm³/mol. The fraction of sp³-hybridized carbons (Fsp3) is 1.00. The third-order valence-electron chi connectivity index (χ3n) is 7.84. The fourth-order valence-corrected chi connectivity index (χ4v) is 6.91. The van der Waals surface area contributed by atoms with Crippen molar-refractivity contribution in [2.45, 2.75) is 77.3 Å². The van der Waals surface area contributed by atoms with Crippen molar-refractivity contribution in [2.24, 2.45) is 34.8 Å². The maximum absolute atomic E-state index is 6.12. The first-order chi connectivity index (χ1) is 10.1. The normalized spacial score (nSPS) is 46.7. The van der Waals surface area contributed by atoms with Crippen LogP contribution in [-0.2, 0) is 0 Å². The lowest BCUT2D eigenvalue weighted by molar-refractivity contribution is -0.101. The molecule has 0 radical (unpaired) electrons. The van der Waals surface area contributed by atoms with E-state index in [-0.39, 0.29) is 0 Å². The summed E-state index contributed by atoms with van der Waals surface area (Å²) < 4.78 is 0. The predicted octanol–water partition coefficient (Wildman–Crippen LogP) is 3.65. The topological polar surface area (TPSA) is 29.3 Å². The molecule has 0 amide bonds. The van der Waals surface area contributed by atoms with Crippen LogP contribution in [0.1, 0.15) is 65.2 Å². The number of hydrogen-bond acceptors (Lipinski definition) is 2. The molecule has 0 spiro atoms. The molecule has 5 aliphatic rings. The lowest BCUT2D eigenvalue weighted by Crippen LogP contribution is -2.57. The highest BCUT2D eigenvalue weighted by Crippen LogP contribution is 2.62. The van der Waals surface area contributed by atoms with E-state index in [0.29, 0.717) is 11.5 Å². The van der Waals surface area contributed by atoms with Crippen LogP contribution in [0.25, 0.3) is 0 Å². The minimum absolute atomic E-state index is 0.391. The summed E-state index contributed by atoms with van der Waals surface area (Å²) in [6, 6.07) is 1.21. The van der Waals surface area contributed by atoms with E-state index in [4.69, 9.17) is 5.73 Å². The lowest BCUT2D eigenvalue weighted by atomic mass is 9.47. The molecule has 4 aliphatic carbocycles. The number of hydrogen-bond donors (Lipinski definition) is 1. The molecule has 120 valence electrons. The summed E-state index contributed by atoms with van der Waals surface area (Å²) in [5.41, 5.74) is 6.81. The van der Waals surface area contributed by atoms with E-state index >= 15 is 0 Å². The third-order valence-corrected chi connectivity index (χ3v) is 7.84. The van der Waals surface area contributed by atoms with E-state index in [9.17, 15) is 0 Å². The Kier molecular flexibility index (Phi) is 3.61. The summed E-state index contributed by atoms with van der Waals surface area (Å²) in [5.74, 6) is 4.02. The van der Waals surface area contributed by atoms with Crippen molar-refractivity contribution in [3.05, 3.63) is 0 Å². The molecule has 4 saturated carbocycles. The Bertz CT molecular complexity index is 346.